The lowest BCUT2D eigenvalue weighted by molar-refractivity contribution is -0.274. The molecule has 1 atom stereocenters. The van der Waals surface area contributed by atoms with Crippen LogP contribution in [-0.4, -0.2) is 50.4 Å². The summed E-state index contributed by atoms with van der Waals surface area (Å²) < 4.78 is 52.3. The van der Waals surface area contributed by atoms with E-state index in [2.05, 4.69) is 10.1 Å². The molecule has 0 aromatic heterocycles. The molecule has 4 rings (SSSR count). The number of halogens is 3. The fraction of sp³-hybridized carbons (Fsp3) is 0.259. The van der Waals surface area contributed by atoms with E-state index in [9.17, 15) is 18.0 Å². The number of hydrogen-bond donors (Lipinski definition) is 1. The Morgan fingerprint density at radius 3 is 2.03 bits per heavy atom. The number of benzene rings is 3. The first-order valence-electron chi connectivity index (χ1n) is 11.4. The number of rotatable bonds is 5. The number of methoxy groups -OCH3 is 2. The van der Waals surface area contributed by atoms with E-state index in [1.165, 1.54) is 17.1 Å². The highest BCUT2D eigenvalue weighted by molar-refractivity contribution is 6.14. The summed E-state index contributed by atoms with van der Waals surface area (Å²) in [6, 6.07) is 16.2. The molecule has 1 N–H and O–H groups in total. The van der Waals surface area contributed by atoms with Crippen LogP contribution in [0.3, 0.4) is 0 Å². The van der Waals surface area contributed by atoms with Crippen LogP contribution in [0.2, 0.25) is 0 Å². The molecule has 1 aliphatic heterocycles. The summed E-state index contributed by atoms with van der Waals surface area (Å²) in [5, 5.41) is 8.79. The maximum absolute atomic E-state index is 12.6. The van der Waals surface area contributed by atoms with Crippen LogP contribution in [0.15, 0.2) is 65.8 Å². The minimum absolute atomic E-state index is 0.231. The number of amides is 2. The molecule has 10 heteroatoms. The van der Waals surface area contributed by atoms with Crippen molar-refractivity contribution < 1.29 is 32.2 Å². The Morgan fingerprint density at radius 1 is 0.946 bits per heavy atom. The van der Waals surface area contributed by atoms with Gasteiger partial charge in [-0.3, -0.25) is 0 Å². The number of urea groups is 1. The third-order valence-electron chi connectivity index (χ3n) is 6.01. The van der Waals surface area contributed by atoms with Crippen LogP contribution in [0.4, 0.5) is 18.0 Å². The van der Waals surface area contributed by atoms with Crippen LogP contribution in [-0.2, 0) is 6.42 Å². The van der Waals surface area contributed by atoms with Gasteiger partial charge in [-0.05, 0) is 54.3 Å². The van der Waals surface area contributed by atoms with E-state index in [-0.39, 0.29) is 17.8 Å². The predicted molar refractivity (Wildman–Crippen MR) is 133 cm³/mol. The van der Waals surface area contributed by atoms with E-state index >= 15 is 0 Å². The number of ether oxygens (including phenoxy) is 3. The lowest BCUT2D eigenvalue weighted by atomic mass is 9.93. The van der Waals surface area contributed by atoms with Crippen LogP contribution in [0.5, 0.6) is 17.2 Å². The summed E-state index contributed by atoms with van der Waals surface area (Å²) in [6.07, 6.45) is -4.20. The van der Waals surface area contributed by atoms with Gasteiger partial charge < -0.3 is 19.5 Å². The average molecular weight is 514 g/mol. The molecule has 0 fully saturated rings. The normalized spacial score (nSPS) is 15.3. The first kappa shape index (κ1) is 25.9. The highest BCUT2D eigenvalue weighted by Crippen LogP contribution is 2.35. The minimum Gasteiger partial charge on any atom is -0.493 e. The second kappa shape index (κ2) is 10.4. The number of nitrogens with one attached hydrogen (secondary N) is 1. The van der Waals surface area contributed by atoms with E-state index in [0.29, 0.717) is 23.6 Å². The second-order valence-corrected chi connectivity index (χ2v) is 8.42. The van der Waals surface area contributed by atoms with E-state index < -0.39 is 6.36 Å². The minimum atomic E-state index is -4.74. The van der Waals surface area contributed by atoms with Gasteiger partial charge in [-0.25, -0.2) is 9.80 Å². The molecule has 3 aromatic rings. The van der Waals surface area contributed by atoms with Gasteiger partial charge in [0.1, 0.15) is 5.75 Å². The van der Waals surface area contributed by atoms with Crippen LogP contribution >= 0.6 is 0 Å². The molecule has 1 unspecified atom stereocenters. The maximum atomic E-state index is 12.6. The zero-order valence-corrected chi connectivity index (χ0v) is 20.7. The maximum Gasteiger partial charge on any atom is 0.573 e. The van der Waals surface area contributed by atoms with Gasteiger partial charge in [-0.15, -0.1) is 13.2 Å². The first-order valence-corrected chi connectivity index (χ1v) is 11.4. The third-order valence-corrected chi connectivity index (χ3v) is 6.01. The van der Waals surface area contributed by atoms with Crippen molar-refractivity contribution in [3.8, 4) is 28.4 Å². The second-order valence-electron chi connectivity index (χ2n) is 8.42. The molecule has 2 amide bonds. The number of carbonyl (C=O) groups excluding carboxylic acids is 1. The summed E-state index contributed by atoms with van der Waals surface area (Å²) in [5.74, 6) is 0.826. The Kier molecular flexibility index (Phi) is 7.28. The van der Waals surface area contributed by atoms with E-state index in [4.69, 9.17) is 14.6 Å². The van der Waals surface area contributed by atoms with Gasteiger partial charge in [-0.1, -0.05) is 36.4 Å². The number of fused-ring (bicyclic) bond motifs is 1. The summed E-state index contributed by atoms with van der Waals surface area (Å²) in [5.41, 5.74) is 4.58. The fourth-order valence-corrected chi connectivity index (χ4v) is 4.22. The van der Waals surface area contributed by atoms with Crippen LogP contribution < -0.4 is 19.5 Å². The molecule has 0 saturated heterocycles. The summed E-state index contributed by atoms with van der Waals surface area (Å²) in [4.78, 5) is 12.6. The largest absolute Gasteiger partial charge is 0.573 e. The number of alkyl halides is 3. The van der Waals surface area contributed by atoms with Crippen molar-refractivity contribution in [3.63, 3.8) is 0 Å². The molecule has 0 spiro atoms. The summed E-state index contributed by atoms with van der Waals surface area (Å²) in [7, 11) is 4.67. The van der Waals surface area contributed by atoms with E-state index in [1.807, 2.05) is 43.3 Å². The van der Waals surface area contributed by atoms with Crippen molar-refractivity contribution in [2.75, 3.05) is 21.3 Å². The van der Waals surface area contributed by atoms with Gasteiger partial charge in [-0.2, -0.15) is 5.10 Å². The average Bonchev–Trinajstić information content (AvgIpc) is 3.02. The summed E-state index contributed by atoms with van der Waals surface area (Å²) >= 11 is 0. The highest BCUT2D eigenvalue weighted by atomic mass is 19.4. The molecule has 194 valence electrons. The standard InChI is InChI=1S/C27H26F3N3O4/c1-16-13-20-14-23(35-3)24(36-4)15-22(20)25(32-33(16)26(34)31-2)19-7-5-17(6-8-19)18-9-11-21(12-10-18)37-27(28,29)30/h5-12,14-16H,13H2,1-4H3,(H,31,34). The third kappa shape index (κ3) is 5.63. The zero-order valence-electron chi connectivity index (χ0n) is 20.7. The number of hydrazone groups is 1. The molecular formula is C27H26F3N3O4. The van der Waals surface area contributed by atoms with Gasteiger partial charge in [0.15, 0.2) is 11.5 Å². The zero-order chi connectivity index (χ0) is 26.7. The van der Waals surface area contributed by atoms with E-state index in [1.54, 1.807) is 33.4 Å². The van der Waals surface area contributed by atoms with Gasteiger partial charge in [0, 0.05) is 18.2 Å². The smallest absolute Gasteiger partial charge is 0.493 e. The van der Waals surface area contributed by atoms with Gasteiger partial charge in [0.05, 0.1) is 26.0 Å². The fourth-order valence-electron chi connectivity index (χ4n) is 4.22. The Labute approximate surface area is 212 Å². The Bertz CT molecular complexity index is 1310. The Morgan fingerprint density at radius 2 is 1.49 bits per heavy atom. The topological polar surface area (TPSA) is 72.4 Å². The highest BCUT2D eigenvalue weighted by Gasteiger charge is 2.31. The number of carbonyl (C=O) groups is 1. The quantitative estimate of drug-likeness (QED) is 0.482. The molecule has 3 aromatic carbocycles. The molecule has 37 heavy (non-hydrogen) atoms. The molecule has 1 aliphatic rings. The first-order chi connectivity index (χ1) is 17.6. The van der Waals surface area contributed by atoms with Gasteiger partial charge >= 0.3 is 12.4 Å². The van der Waals surface area contributed by atoms with Crippen molar-refractivity contribution >= 4 is 11.7 Å². The molecule has 0 aliphatic carbocycles. The number of hydrogen-bond acceptors (Lipinski definition) is 5. The van der Waals surface area contributed by atoms with Crippen LogP contribution in [0.1, 0.15) is 23.6 Å². The Balaban J connectivity index is 1.75. The lowest BCUT2D eigenvalue weighted by Crippen LogP contribution is -2.41. The van der Waals surface area contributed by atoms with E-state index in [0.717, 1.165) is 27.8 Å². The molecule has 0 saturated carbocycles. The molecular weight excluding hydrogens is 487 g/mol. The molecule has 7 nitrogen and oxygen atoms in total. The van der Waals surface area contributed by atoms with Crippen molar-refractivity contribution in [1.29, 1.82) is 0 Å². The van der Waals surface area contributed by atoms with Crippen molar-refractivity contribution in [3.05, 3.63) is 77.4 Å². The van der Waals surface area contributed by atoms with Crippen molar-refractivity contribution in [2.45, 2.75) is 25.7 Å². The van der Waals surface area contributed by atoms with Crippen molar-refractivity contribution in [1.82, 2.24) is 10.3 Å². The van der Waals surface area contributed by atoms with Gasteiger partial charge in [0.25, 0.3) is 0 Å². The van der Waals surface area contributed by atoms with Gasteiger partial charge in [0.2, 0.25) is 0 Å². The SMILES string of the molecule is CNC(=O)N1N=C(c2ccc(-c3ccc(OC(F)(F)F)cc3)cc2)c2cc(OC)c(OC)cc2CC1C. The summed E-state index contributed by atoms with van der Waals surface area (Å²) in [6.45, 7) is 1.91. The predicted octanol–water partition coefficient (Wildman–Crippen LogP) is 5.61. The lowest BCUT2D eigenvalue weighted by Gasteiger charge is -2.22. The molecule has 0 bridgehead atoms. The van der Waals surface area contributed by atoms with Crippen LogP contribution in [0.25, 0.3) is 11.1 Å². The number of nitrogens with zero attached hydrogens (tertiary/aromatic N) is 2. The monoisotopic (exact) mass is 513 g/mol. The molecule has 1 heterocycles. The van der Waals surface area contributed by atoms with Crippen LogP contribution in [0, 0.1) is 0 Å². The molecule has 0 radical (unpaired) electrons. The van der Waals surface area contributed by atoms with Crippen molar-refractivity contribution in [2.24, 2.45) is 5.10 Å². The Hall–Kier alpha value is -4.21.